The number of rotatable bonds is 4. The molecule has 0 N–H and O–H groups in total. The lowest BCUT2D eigenvalue weighted by Gasteiger charge is -2.24. The van der Waals surface area contributed by atoms with Gasteiger partial charge in [-0.15, -0.1) is 0 Å². The summed E-state index contributed by atoms with van der Waals surface area (Å²) in [6.45, 7) is 4.34. The Morgan fingerprint density at radius 3 is 2.68 bits per heavy atom. The Morgan fingerprint density at radius 2 is 2.04 bits per heavy atom. The SMILES string of the molecule is CC[C@H](C)C(=O)N=C1S[C@H]2CS(=O)(=O)C[C@@H]2N1Cc1ccc(Cl)cc1. The predicted octanol–water partition coefficient (Wildman–Crippen LogP) is 2.98. The zero-order valence-corrected chi connectivity index (χ0v) is 16.6. The summed E-state index contributed by atoms with van der Waals surface area (Å²) in [6.07, 6.45) is 0.735. The van der Waals surface area contributed by atoms with Crippen molar-refractivity contribution in [3.63, 3.8) is 0 Å². The van der Waals surface area contributed by atoms with Gasteiger partial charge in [0.1, 0.15) is 0 Å². The van der Waals surface area contributed by atoms with E-state index in [1.54, 1.807) is 0 Å². The fourth-order valence-corrected chi connectivity index (χ4v) is 7.07. The maximum atomic E-state index is 12.3. The number of nitrogens with zero attached hydrogens (tertiary/aromatic N) is 2. The number of sulfone groups is 1. The zero-order valence-electron chi connectivity index (χ0n) is 14.2. The van der Waals surface area contributed by atoms with Crippen molar-refractivity contribution < 1.29 is 13.2 Å². The van der Waals surface area contributed by atoms with Gasteiger partial charge in [0.05, 0.1) is 17.5 Å². The normalized spacial score (nSPS) is 27.5. The van der Waals surface area contributed by atoms with Crippen molar-refractivity contribution in [3.8, 4) is 0 Å². The van der Waals surface area contributed by atoms with E-state index >= 15 is 0 Å². The second-order valence-corrected chi connectivity index (χ2v) is 10.4. The summed E-state index contributed by atoms with van der Waals surface area (Å²) in [6, 6.07) is 7.32. The van der Waals surface area contributed by atoms with Crippen LogP contribution in [0.15, 0.2) is 29.3 Å². The van der Waals surface area contributed by atoms with Crippen LogP contribution < -0.4 is 0 Å². The number of carbonyl (C=O) groups is 1. The number of amidine groups is 1. The first-order valence-corrected chi connectivity index (χ1v) is 11.4. The molecule has 2 heterocycles. The molecule has 2 aliphatic heterocycles. The molecule has 2 saturated heterocycles. The molecule has 3 atom stereocenters. The van der Waals surface area contributed by atoms with Crippen molar-refractivity contribution in [1.82, 2.24) is 4.90 Å². The largest absolute Gasteiger partial charge is 0.342 e. The number of carbonyl (C=O) groups excluding carboxylic acids is 1. The van der Waals surface area contributed by atoms with Crippen molar-refractivity contribution in [2.45, 2.75) is 38.1 Å². The summed E-state index contributed by atoms with van der Waals surface area (Å²) < 4.78 is 24.0. The predicted molar refractivity (Wildman–Crippen MR) is 103 cm³/mol. The van der Waals surface area contributed by atoms with Gasteiger partial charge in [0.25, 0.3) is 5.91 Å². The summed E-state index contributed by atoms with van der Waals surface area (Å²) in [7, 11) is -3.03. The average molecular weight is 401 g/mol. The molecule has 0 saturated carbocycles. The van der Waals surface area contributed by atoms with E-state index in [9.17, 15) is 13.2 Å². The van der Waals surface area contributed by atoms with Crippen LogP contribution in [0.3, 0.4) is 0 Å². The first-order chi connectivity index (χ1) is 11.8. The first kappa shape index (κ1) is 18.7. The molecule has 0 aliphatic carbocycles. The van der Waals surface area contributed by atoms with E-state index in [0.29, 0.717) is 16.7 Å². The van der Waals surface area contributed by atoms with Crippen molar-refractivity contribution >= 4 is 44.3 Å². The molecule has 0 radical (unpaired) electrons. The number of halogens is 1. The number of thioether (sulfide) groups is 1. The summed E-state index contributed by atoms with van der Waals surface area (Å²) in [5.41, 5.74) is 1.01. The van der Waals surface area contributed by atoms with E-state index in [1.165, 1.54) is 11.8 Å². The minimum absolute atomic E-state index is 0.0548. The third kappa shape index (κ3) is 4.20. The summed E-state index contributed by atoms with van der Waals surface area (Å²) in [4.78, 5) is 18.6. The third-order valence-electron chi connectivity index (χ3n) is 4.68. The molecule has 1 amide bonds. The molecule has 5 nitrogen and oxygen atoms in total. The van der Waals surface area contributed by atoms with E-state index in [1.807, 2.05) is 43.0 Å². The van der Waals surface area contributed by atoms with Gasteiger partial charge in [-0.3, -0.25) is 4.79 Å². The third-order valence-corrected chi connectivity index (χ3v) is 8.18. The van der Waals surface area contributed by atoms with Crippen LogP contribution in [0.2, 0.25) is 5.02 Å². The van der Waals surface area contributed by atoms with Gasteiger partial charge in [-0.2, -0.15) is 4.99 Å². The van der Waals surface area contributed by atoms with Crippen molar-refractivity contribution in [1.29, 1.82) is 0 Å². The lowest BCUT2D eigenvalue weighted by Crippen LogP contribution is -2.37. The van der Waals surface area contributed by atoms with Gasteiger partial charge >= 0.3 is 0 Å². The Balaban J connectivity index is 1.88. The summed E-state index contributed by atoms with van der Waals surface area (Å²) >= 11 is 7.36. The standard InChI is InChI=1S/C17H21ClN2O3S2/c1-3-11(2)16(21)19-17-20(8-12-4-6-13(18)7-5-12)14-9-25(22,23)10-15(14)24-17/h4-7,11,14-15H,3,8-10H2,1-2H3/t11-,14-,15-/m0/s1. The van der Waals surface area contributed by atoms with E-state index in [2.05, 4.69) is 4.99 Å². The van der Waals surface area contributed by atoms with Crippen LogP contribution in [-0.4, -0.2) is 47.2 Å². The van der Waals surface area contributed by atoms with Crippen LogP contribution in [0.4, 0.5) is 0 Å². The molecule has 1 aromatic rings. The minimum atomic E-state index is -3.03. The fourth-order valence-electron chi connectivity index (χ4n) is 2.99. The highest BCUT2D eigenvalue weighted by Crippen LogP contribution is 2.39. The molecule has 1 aromatic carbocycles. The van der Waals surface area contributed by atoms with Gasteiger partial charge in [0.15, 0.2) is 15.0 Å². The highest BCUT2D eigenvalue weighted by atomic mass is 35.5. The van der Waals surface area contributed by atoms with Gasteiger partial charge in [-0.25, -0.2) is 8.42 Å². The molecule has 0 aromatic heterocycles. The maximum absolute atomic E-state index is 12.3. The number of hydrogen-bond acceptors (Lipinski definition) is 4. The number of aliphatic imine (C=N–C) groups is 1. The highest BCUT2D eigenvalue weighted by molar-refractivity contribution is 8.15. The van der Waals surface area contributed by atoms with Crippen LogP contribution in [0, 0.1) is 5.92 Å². The molecule has 136 valence electrons. The Bertz CT molecular complexity index is 793. The topological polar surface area (TPSA) is 66.8 Å². The van der Waals surface area contributed by atoms with Crippen LogP contribution in [0.5, 0.6) is 0 Å². The van der Waals surface area contributed by atoms with Crippen molar-refractivity contribution in [2.24, 2.45) is 10.9 Å². The van der Waals surface area contributed by atoms with E-state index in [4.69, 9.17) is 11.6 Å². The second kappa shape index (κ2) is 7.29. The number of amides is 1. The van der Waals surface area contributed by atoms with Crippen LogP contribution in [0.25, 0.3) is 0 Å². The Hall–Kier alpha value is -1.05. The quantitative estimate of drug-likeness (QED) is 0.777. The Labute approximate surface area is 157 Å². The summed E-state index contributed by atoms with van der Waals surface area (Å²) in [5, 5.41) is 1.24. The van der Waals surface area contributed by atoms with Gasteiger partial charge in [-0.05, 0) is 24.1 Å². The monoisotopic (exact) mass is 400 g/mol. The van der Waals surface area contributed by atoms with Crippen molar-refractivity contribution in [2.75, 3.05) is 11.5 Å². The van der Waals surface area contributed by atoms with Crippen LogP contribution >= 0.6 is 23.4 Å². The number of fused-ring (bicyclic) bond motifs is 1. The highest BCUT2D eigenvalue weighted by Gasteiger charge is 2.48. The molecule has 0 spiro atoms. The smallest absolute Gasteiger partial charge is 0.250 e. The second-order valence-electron chi connectivity index (χ2n) is 6.60. The van der Waals surface area contributed by atoms with Crippen LogP contribution in [-0.2, 0) is 21.2 Å². The van der Waals surface area contributed by atoms with Crippen LogP contribution in [0.1, 0.15) is 25.8 Å². The molecule has 2 aliphatic rings. The minimum Gasteiger partial charge on any atom is -0.342 e. The van der Waals surface area contributed by atoms with E-state index < -0.39 is 9.84 Å². The molecule has 3 rings (SSSR count). The summed E-state index contributed by atoms with van der Waals surface area (Å²) in [5.74, 6) is -0.00581. The average Bonchev–Trinajstić information content (AvgIpc) is 3.01. The van der Waals surface area contributed by atoms with Gasteiger partial charge < -0.3 is 4.90 Å². The van der Waals surface area contributed by atoms with Gasteiger partial charge in [-0.1, -0.05) is 49.3 Å². The van der Waals surface area contributed by atoms with Gasteiger partial charge in [0, 0.05) is 22.7 Å². The Morgan fingerprint density at radius 1 is 1.36 bits per heavy atom. The lowest BCUT2D eigenvalue weighted by molar-refractivity contribution is -0.121. The molecule has 8 heteroatoms. The van der Waals surface area contributed by atoms with Gasteiger partial charge in [0.2, 0.25) is 0 Å². The van der Waals surface area contributed by atoms with E-state index in [-0.39, 0.29) is 34.6 Å². The Kier molecular flexibility index (Phi) is 5.46. The fraction of sp³-hybridized carbons (Fsp3) is 0.529. The lowest BCUT2D eigenvalue weighted by atomic mass is 10.1. The molecule has 25 heavy (non-hydrogen) atoms. The molecular formula is C17H21ClN2O3S2. The maximum Gasteiger partial charge on any atom is 0.250 e. The van der Waals surface area contributed by atoms with E-state index in [0.717, 1.165) is 12.0 Å². The molecule has 0 bridgehead atoms. The molecule has 2 fully saturated rings. The number of hydrogen-bond donors (Lipinski definition) is 0. The van der Waals surface area contributed by atoms with Crippen molar-refractivity contribution in [3.05, 3.63) is 34.9 Å². The molecule has 0 unspecified atom stereocenters. The first-order valence-electron chi connectivity index (χ1n) is 8.29. The zero-order chi connectivity index (χ0) is 18.2. The molecular weight excluding hydrogens is 380 g/mol. The number of benzene rings is 1.